The number of carbonyl (C=O) groups excluding carboxylic acids is 2. The predicted octanol–water partition coefficient (Wildman–Crippen LogP) is 4.91. The maximum atomic E-state index is 15.8. The summed E-state index contributed by atoms with van der Waals surface area (Å²) in [5.74, 6) is -3.79. The van der Waals surface area contributed by atoms with Gasteiger partial charge in [0.2, 0.25) is 17.4 Å². The van der Waals surface area contributed by atoms with Crippen molar-refractivity contribution in [2.75, 3.05) is 30.8 Å². The van der Waals surface area contributed by atoms with Crippen LogP contribution in [0.1, 0.15) is 51.0 Å². The number of rotatable bonds is 6. The largest absolute Gasteiger partial charge is 0.471 e. The molecule has 2 aliphatic heterocycles. The lowest BCUT2D eigenvalue weighted by molar-refractivity contribution is -0.159. The molecule has 51 heavy (non-hydrogen) atoms. The summed E-state index contributed by atoms with van der Waals surface area (Å²) in [7, 11) is -2.46. The van der Waals surface area contributed by atoms with Crippen LogP contribution >= 0.6 is 0 Å². The lowest BCUT2D eigenvalue weighted by atomic mass is 9.95. The van der Waals surface area contributed by atoms with Crippen LogP contribution in [0.15, 0.2) is 56.3 Å². The van der Waals surface area contributed by atoms with Gasteiger partial charge in [-0.1, -0.05) is 29.4 Å². The highest BCUT2D eigenvalue weighted by atomic mass is 32.2. The van der Waals surface area contributed by atoms with E-state index in [0.29, 0.717) is 18.5 Å². The summed E-state index contributed by atoms with van der Waals surface area (Å²) in [5, 5.41) is 13.7. The molecule has 1 unspecified atom stereocenters. The van der Waals surface area contributed by atoms with E-state index in [9.17, 15) is 31.2 Å². The Balaban J connectivity index is 1.37. The maximum absolute atomic E-state index is 15.8. The van der Waals surface area contributed by atoms with Crippen LogP contribution in [0, 0.1) is 0 Å². The number of halogens is 4. The number of sulfone groups is 1. The standard InChI is InChI=1S/C32H33F4N7O7S/c1-30(2,3)49-29(45)37-21-16-51(46,47)23-11-10-20(25-39-40-27(48-25)31(33)12-5-13-42(4)17-31)14-22(23)43(26(21)44)15-18-6-8-19(9-7-18)24-38-28(50-41-24)32(34,35)36/h6-11,14,21H,5,12-13,15-17H2,1-4H3,(H,37,45)/t21-,31?/m0/s1. The summed E-state index contributed by atoms with van der Waals surface area (Å²) in [6, 6.07) is 8.20. The molecular weight excluding hydrogens is 702 g/mol. The van der Waals surface area contributed by atoms with Crippen molar-refractivity contribution in [3.8, 4) is 22.8 Å². The van der Waals surface area contributed by atoms with Crippen molar-refractivity contribution in [3.05, 3.63) is 59.8 Å². The maximum Gasteiger partial charge on any atom is 0.471 e. The minimum atomic E-state index is -4.84. The molecule has 1 fully saturated rings. The molecule has 4 heterocycles. The van der Waals surface area contributed by atoms with Gasteiger partial charge < -0.3 is 28.8 Å². The second-order valence-corrected chi connectivity index (χ2v) is 15.4. The number of likely N-dealkylation sites (N-methyl/N-ethyl adjacent to an activating group) is 1. The number of alkyl halides is 4. The van der Waals surface area contributed by atoms with Crippen molar-refractivity contribution in [2.24, 2.45) is 0 Å². The molecule has 1 N–H and O–H groups in total. The van der Waals surface area contributed by atoms with Gasteiger partial charge in [0, 0.05) is 17.7 Å². The molecule has 2 amide bonds. The predicted molar refractivity (Wildman–Crippen MR) is 170 cm³/mol. The Morgan fingerprint density at radius 3 is 2.45 bits per heavy atom. The lowest BCUT2D eigenvalue weighted by Crippen LogP contribution is -2.51. The van der Waals surface area contributed by atoms with E-state index in [1.54, 1.807) is 32.7 Å². The normalized spacial score (nSPS) is 21.2. The van der Waals surface area contributed by atoms with E-state index in [1.807, 2.05) is 0 Å². The molecule has 1 saturated heterocycles. The van der Waals surface area contributed by atoms with E-state index in [1.165, 1.54) is 42.5 Å². The quantitative estimate of drug-likeness (QED) is 0.266. The summed E-state index contributed by atoms with van der Waals surface area (Å²) in [6.07, 6.45) is -5.11. The van der Waals surface area contributed by atoms with Gasteiger partial charge in [-0.15, -0.1) is 10.2 Å². The molecule has 272 valence electrons. The van der Waals surface area contributed by atoms with E-state index in [-0.39, 0.29) is 58.8 Å². The van der Waals surface area contributed by atoms with Gasteiger partial charge in [-0.25, -0.2) is 17.6 Å². The number of aromatic nitrogens is 4. The van der Waals surface area contributed by atoms with Crippen LogP contribution in [-0.2, 0) is 37.8 Å². The second kappa shape index (κ2) is 13.0. The smallest absolute Gasteiger partial charge is 0.444 e. The summed E-state index contributed by atoms with van der Waals surface area (Å²) in [4.78, 5) is 33.0. The topological polar surface area (TPSA) is 174 Å². The van der Waals surface area contributed by atoms with Gasteiger partial charge in [0.25, 0.3) is 11.8 Å². The molecule has 4 aromatic rings. The number of hydrogen-bond acceptors (Lipinski definition) is 12. The number of nitrogens with zero attached hydrogens (tertiary/aromatic N) is 6. The van der Waals surface area contributed by atoms with Gasteiger partial charge in [-0.05, 0) is 71.0 Å². The average Bonchev–Trinajstić information content (AvgIpc) is 3.73. The van der Waals surface area contributed by atoms with Crippen LogP contribution in [0.25, 0.3) is 22.8 Å². The fourth-order valence-electron chi connectivity index (χ4n) is 5.84. The Morgan fingerprint density at radius 1 is 1.10 bits per heavy atom. The molecule has 0 radical (unpaired) electrons. The minimum Gasteiger partial charge on any atom is -0.444 e. The van der Waals surface area contributed by atoms with Gasteiger partial charge in [0.1, 0.15) is 11.6 Å². The molecule has 2 atom stereocenters. The molecule has 2 aromatic carbocycles. The first-order chi connectivity index (χ1) is 23.8. The number of alkyl carbamates (subject to hydrolysis) is 1. The van der Waals surface area contributed by atoms with Crippen LogP contribution < -0.4 is 10.2 Å². The highest BCUT2D eigenvalue weighted by Gasteiger charge is 2.43. The monoisotopic (exact) mass is 735 g/mol. The molecule has 0 spiro atoms. The van der Waals surface area contributed by atoms with Gasteiger partial charge in [-0.3, -0.25) is 4.79 Å². The third-order valence-corrected chi connectivity index (χ3v) is 9.92. The van der Waals surface area contributed by atoms with E-state index >= 15 is 4.39 Å². The number of fused-ring (bicyclic) bond motifs is 1. The fourth-order valence-corrected chi connectivity index (χ4v) is 7.44. The number of likely N-dealkylation sites (tertiary alicyclic amines) is 1. The highest BCUT2D eigenvalue weighted by Crippen LogP contribution is 2.39. The third-order valence-electron chi connectivity index (χ3n) is 8.14. The third kappa shape index (κ3) is 7.73. The Hall–Kier alpha value is -4.91. The Morgan fingerprint density at radius 2 is 1.80 bits per heavy atom. The van der Waals surface area contributed by atoms with Gasteiger partial charge in [0.05, 0.1) is 22.9 Å². The van der Waals surface area contributed by atoms with E-state index in [4.69, 9.17) is 9.15 Å². The van der Waals surface area contributed by atoms with Gasteiger partial charge in [-0.2, -0.15) is 18.2 Å². The summed E-state index contributed by atoms with van der Waals surface area (Å²) >= 11 is 0. The fraction of sp³-hybridized carbons (Fsp3) is 0.438. The van der Waals surface area contributed by atoms with Crippen molar-refractivity contribution >= 4 is 27.5 Å². The highest BCUT2D eigenvalue weighted by molar-refractivity contribution is 7.91. The van der Waals surface area contributed by atoms with E-state index in [0.717, 1.165) is 4.90 Å². The number of amides is 2. The number of nitrogens with one attached hydrogen (secondary N) is 1. The molecule has 2 aromatic heterocycles. The number of benzene rings is 2. The van der Waals surface area contributed by atoms with Crippen LogP contribution in [-0.4, -0.2) is 83.2 Å². The number of ether oxygens (including phenoxy) is 1. The van der Waals surface area contributed by atoms with Crippen molar-refractivity contribution in [3.63, 3.8) is 0 Å². The average molecular weight is 736 g/mol. The molecule has 6 rings (SSSR count). The van der Waals surface area contributed by atoms with Crippen molar-refractivity contribution < 1.29 is 49.2 Å². The summed E-state index contributed by atoms with van der Waals surface area (Å²) < 4.78 is 97.6. The van der Waals surface area contributed by atoms with Crippen molar-refractivity contribution in [1.82, 2.24) is 30.6 Å². The van der Waals surface area contributed by atoms with E-state index < -0.39 is 57.0 Å². The zero-order valence-electron chi connectivity index (χ0n) is 27.8. The Bertz CT molecular complexity index is 2060. The first-order valence-electron chi connectivity index (χ1n) is 15.7. The van der Waals surface area contributed by atoms with Crippen LogP contribution in [0.3, 0.4) is 0 Å². The molecule has 0 aliphatic carbocycles. The van der Waals surface area contributed by atoms with Crippen LogP contribution in [0.2, 0.25) is 0 Å². The van der Waals surface area contributed by atoms with Gasteiger partial charge in [0.15, 0.2) is 9.84 Å². The second-order valence-electron chi connectivity index (χ2n) is 13.4. The SMILES string of the molecule is CN1CCCC(F)(c2nnc(-c3ccc4c(c3)N(Cc3ccc(-c5noc(C(F)(F)F)n5)cc3)C(=O)[C@@H](NC(=O)OC(C)(C)C)CS4(=O)=O)o2)C1. The molecule has 19 heteroatoms. The number of piperidine rings is 1. The van der Waals surface area contributed by atoms with Crippen LogP contribution in [0.5, 0.6) is 0 Å². The molecule has 0 saturated carbocycles. The number of anilines is 1. The number of carbonyl (C=O) groups is 2. The first-order valence-corrected chi connectivity index (χ1v) is 17.4. The first kappa shape index (κ1) is 35.9. The Kier molecular flexibility index (Phi) is 9.16. The molecule has 14 nitrogen and oxygen atoms in total. The zero-order valence-corrected chi connectivity index (χ0v) is 28.6. The molecule has 2 aliphatic rings. The Labute approximate surface area is 289 Å². The minimum absolute atomic E-state index is 0.0420. The summed E-state index contributed by atoms with van der Waals surface area (Å²) in [6.45, 7) is 5.30. The van der Waals surface area contributed by atoms with Crippen molar-refractivity contribution in [1.29, 1.82) is 0 Å². The van der Waals surface area contributed by atoms with E-state index in [2.05, 4.69) is 30.2 Å². The zero-order chi connectivity index (χ0) is 36.9. The molecule has 0 bridgehead atoms. The van der Waals surface area contributed by atoms with Gasteiger partial charge >= 0.3 is 18.2 Å². The molecular formula is C32H33F4N7O7S. The van der Waals surface area contributed by atoms with Crippen molar-refractivity contribution in [2.45, 2.75) is 68.5 Å². The number of hydrogen-bond donors (Lipinski definition) is 1. The van der Waals surface area contributed by atoms with Crippen LogP contribution in [0.4, 0.5) is 28.0 Å². The lowest BCUT2D eigenvalue weighted by Gasteiger charge is -2.32. The summed E-state index contributed by atoms with van der Waals surface area (Å²) in [5.41, 5.74) is -2.15.